The van der Waals surface area contributed by atoms with Crippen LogP contribution in [-0.4, -0.2) is 11.7 Å². The number of aliphatic hydroxyl groups excluding tert-OH is 1. The molecule has 0 aliphatic heterocycles. The third-order valence-corrected chi connectivity index (χ3v) is 3.02. The van der Waals surface area contributed by atoms with Gasteiger partial charge in [0.2, 0.25) is 0 Å². The second-order valence-corrected chi connectivity index (χ2v) is 4.49. The van der Waals surface area contributed by atoms with Gasteiger partial charge in [-0.15, -0.1) is 0 Å². The van der Waals surface area contributed by atoms with Crippen LogP contribution in [-0.2, 0) is 6.54 Å². The van der Waals surface area contributed by atoms with Crippen molar-refractivity contribution in [1.82, 2.24) is 5.32 Å². The van der Waals surface area contributed by atoms with Crippen molar-refractivity contribution in [3.05, 3.63) is 70.8 Å². The predicted molar refractivity (Wildman–Crippen MR) is 69.4 cm³/mol. The molecule has 2 nitrogen and oxygen atoms in total. The average Bonchev–Trinajstić information content (AvgIpc) is 2.43. The fourth-order valence-corrected chi connectivity index (χ4v) is 1.96. The van der Waals surface area contributed by atoms with E-state index >= 15 is 0 Å². The van der Waals surface area contributed by atoms with Crippen molar-refractivity contribution >= 4 is 0 Å². The van der Waals surface area contributed by atoms with Crippen LogP contribution >= 0.6 is 0 Å². The number of hydrogen-bond donors (Lipinski definition) is 2. The van der Waals surface area contributed by atoms with Gasteiger partial charge in [-0.05, 0) is 18.2 Å². The predicted octanol–water partition coefficient (Wildman–Crippen LogP) is 3.07. The van der Waals surface area contributed by atoms with Gasteiger partial charge in [-0.25, -0.2) is 17.6 Å². The van der Waals surface area contributed by atoms with Crippen LogP contribution in [0.1, 0.15) is 17.2 Å². The lowest BCUT2D eigenvalue weighted by atomic mass is 10.1. The van der Waals surface area contributed by atoms with Gasteiger partial charge in [0.25, 0.3) is 0 Å². The summed E-state index contributed by atoms with van der Waals surface area (Å²) in [5.41, 5.74) is -0.388. The molecule has 0 aliphatic rings. The van der Waals surface area contributed by atoms with E-state index in [1.54, 1.807) is 0 Å². The van der Waals surface area contributed by atoms with Crippen molar-refractivity contribution in [3.63, 3.8) is 0 Å². The van der Waals surface area contributed by atoms with E-state index in [1.807, 2.05) is 0 Å². The molecule has 0 saturated carbocycles. The molecule has 0 amide bonds. The summed E-state index contributed by atoms with van der Waals surface area (Å²) >= 11 is 0. The molecular weight excluding hydrogens is 286 g/mol. The van der Waals surface area contributed by atoms with E-state index in [0.717, 1.165) is 18.2 Å². The first-order valence-corrected chi connectivity index (χ1v) is 6.26. The Morgan fingerprint density at radius 2 is 1.48 bits per heavy atom. The summed E-state index contributed by atoms with van der Waals surface area (Å²) in [5, 5.41) is 12.4. The molecule has 1 unspecified atom stereocenters. The summed E-state index contributed by atoms with van der Waals surface area (Å²) in [5.74, 6) is -3.69. The fourth-order valence-electron chi connectivity index (χ4n) is 1.96. The van der Waals surface area contributed by atoms with E-state index in [2.05, 4.69) is 5.32 Å². The fraction of sp³-hybridized carbons (Fsp3) is 0.200. The van der Waals surface area contributed by atoms with Gasteiger partial charge >= 0.3 is 0 Å². The van der Waals surface area contributed by atoms with Crippen LogP contribution in [0, 0.1) is 23.3 Å². The van der Waals surface area contributed by atoms with E-state index < -0.39 is 34.9 Å². The van der Waals surface area contributed by atoms with Crippen LogP contribution < -0.4 is 5.32 Å². The zero-order valence-electron chi connectivity index (χ0n) is 10.9. The van der Waals surface area contributed by atoms with Crippen LogP contribution in [0.25, 0.3) is 0 Å². The highest BCUT2D eigenvalue weighted by Gasteiger charge is 2.17. The molecule has 2 N–H and O–H groups in total. The van der Waals surface area contributed by atoms with E-state index in [-0.39, 0.29) is 18.7 Å². The number of rotatable bonds is 5. The highest BCUT2D eigenvalue weighted by Crippen LogP contribution is 2.20. The van der Waals surface area contributed by atoms with Crippen molar-refractivity contribution in [2.24, 2.45) is 0 Å². The number of aliphatic hydroxyl groups is 1. The summed E-state index contributed by atoms with van der Waals surface area (Å²) in [6.45, 7) is -0.273. The lowest BCUT2D eigenvalue weighted by Crippen LogP contribution is -2.23. The van der Waals surface area contributed by atoms with Crippen molar-refractivity contribution in [1.29, 1.82) is 0 Å². The third kappa shape index (κ3) is 3.59. The Balaban J connectivity index is 1.99. The Kier molecular flexibility index (Phi) is 4.93. The molecule has 0 aliphatic carbocycles. The minimum absolute atomic E-state index is 0.0659. The zero-order chi connectivity index (χ0) is 15.4. The van der Waals surface area contributed by atoms with E-state index in [9.17, 15) is 22.7 Å². The Labute approximate surface area is 119 Å². The molecule has 2 rings (SSSR count). The Hall–Kier alpha value is -1.92. The molecule has 21 heavy (non-hydrogen) atoms. The Morgan fingerprint density at radius 3 is 2.14 bits per heavy atom. The van der Waals surface area contributed by atoms with Crippen molar-refractivity contribution < 1.29 is 22.7 Å². The molecule has 0 fully saturated rings. The van der Waals surface area contributed by atoms with Gasteiger partial charge in [-0.3, -0.25) is 0 Å². The van der Waals surface area contributed by atoms with Crippen LogP contribution in [0.5, 0.6) is 0 Å². The molecule has 0 heterocycles. The number of hydrogen-bond acceptors (Lipinski definition) is 2. The molecule has 6 heteroatoms. The maximum absolute atomic E-state index is 13.4. The molecule has 1 atom stereocenters. The van der Waals surface area contributed by atoms with Crippen LogP contribution in [0.4, 0.5) is 17.6 Å². The van der Waals surface area contributed by atoms with Crippen molar-refractivity contribution in [2.75, 3.05) is 6.54 Å². The maximum atomic E-state index is 13.4. The van der Waals surface area contributed by atoms with E-state index in [0.29, 0.717) is 0 Å². The number of halogens is 4. The topological polar surface area (TPSA) is 32.3 Å². The van der Waals surface area contributed by atoms with Gasteiger partial charge in [-0.1, -0.05) is 18.2 Å². The Morgan fingerprint density at radius 1 is 0.905 bits per heavy atom. The molecule has 112 valence electrons. The first-order chi connectivity index (χ1) is 10.0. The molecule has 2 aromatic carbocycles. The number of benzene rings is 2. The summed E-state index contributed by atoms with van der Waals surface area (Å²) in [6, 6.07) is 6.98. The highest BCUT2D eigenvalue weighted by atomic mass is 19.2. The SMILES string of the molecule is OC(CNCc1cccc(F)c1F)c1c(F)cccc1F. The van der Waals surface area contributed by atoms with E-state index in [4.69, 9.17) is 0 Å². The second kappa shape index (κ2) is 6.69. The monoisotopic (exact) mass is 299 g/mol. The van der Waals surface area contributed by atoms with Crippen molar-refractivity contribution in [2.45, 2.75) is 12.6 Å². The normalized spacial score (nSPS) is 12.4. The first kappa shape index (κ1) is 15.5. The summed E-state index contributed by atoms with van der Waals surface area (Å²) in [6.07, 6.45) is -1.43. The van der Waals surface area contributed by atoms with E-state index in [1.165, 1.54) is 18.2 Å². The van der Waals surface area contributed by atoms with Gasteiger partial charge < -0.3 is 10.4 Å². The Bertz CT molecular complexity index is 613. The average molecular weight is 299 g/mol. The highest BCUT2D eigenvalue weighted by molar-refractivity contribution is 5.22. The van der Waals surface area contributed by atoms with Crippen LogP contribution in [0.15, 0.2) is 36.4 Å². The van der Waals surface area contributed by atoms with Gasteiger partial charge in [0, 0.05) is 18.7 Å². The maximum Gasteiger partial charge on any atom is 0.163 e. The van der Waals surface area contributed by atoms with Gasteiger partial charge in [0.05, 0.1) is 11.7 Å². The van der Waals surface area contributed by atoms with Gasteiger partial charge in [0.15, 0.2) is 11.6 Å². The lowest BCUT2D eigenvalue weighted by molar-refractivity contribution is 0.164. The molecule has 0 spiro atoms. The molecular formula is C15H13F4NO. The molecule has 0 saturated heterocycles. The van der Waals surface area contributed by atoms with Crippen LogP contribution in [0.2, 0.25) is 0 Å². The standard InChI is InChI=1S/C15H13F4NO/c16-10-4-2-5-11(17)14(10)13(21)8-20-7-9-3-1-6-12(18)15(9)19/h1-6,13,20-21H,7-8H2. The summed E-state index contributed by atoms with van der Waals surface area (Å²) in [7, 11) is 0. The van der Waals surface area contributed by atoms with Crippen molar-refractivity contribution in [3.8, 4) is 0 Å². The largest absolute Gasteiger partial charge is 0.387 e. The van der Waals surface area contributed by atoms with Gasteiger partial charge in [-0.2, -0.15) is 0 Å². The molecule has 0 bridgehead atoms. The summed E-state index contributed by atoms with van der Waals surface area (Å²) < 4.78 is 53.2. The smallest absolute Gasteiger partial charge is 0.163 e. The minimum atomic E-state index is -1.43. The van der Waals surface area contributed by atoms with Gasteiger partial charge in [0.1, 0.15) is 11.6 Å². The zero-order valence-corrected chi connectivity index (χ0v) is 10.9. The van der Waals surface area contributed by atoms with Crippen LogP contribution in [0.3, 0.4) is 0 Å². The molecule has 2 aromatic rings. The minimum Gasteiger partial charge on any atom is -0.387 e. The second-order valence-electron chi connectivity index (χ2n) is 4.49. The number of nitrogens with one attached hydrogen (secondary N) is 1. The summed E-state index contributed by atoms with van der Waals surface area (Å²) in [4.78, 5) is 0. The molecule has 0 radical (unpaired) electrons. The quantitative estimate of drug-likeness (QED) is 0.832. The third-order valence-electron chi connectivity index (χ3n) is 3.02. The first-order valence-electron chi connectivity index (χ1n) is 6.26. The lowest BCUT2D eigenvalue weighted by Gasteiger charge is -2.14. The molecule has 0 aromatic heterocycles.